The fourth-order valence-corrected chi connectivity index (χ4v) is 1.98. The summed E-state index contributed by atoms with van der Waals surface area (Å²) in [5.41, 5.74) is 2.73. The lowest BCUT2D eigenvalue weighted by Gasteiger charge is -2.06. The van der Waals surface area contributed by atoms with E-state index in [1.807, 2.05) is 20.0 Å². The molecule has 1 N–H and O–H groups in total. The first-order valence-electron chi connectivity index (χ1n) is 6.47. The largest absolute Gasteiger partial charge is 0.465 e. The molecule has 1 heterocycles. The van der Waals surface area contributed by atoms with Gasteiger partial charge in [-0.15, -0.1) is 0 Å². The van der Waals surface area contributed by atoms with Crippen molar-refractivity contribution in [1.82, 2.24) is 15.1 Å². The van der Waals surface area contributed by atoms with Gasteiger partial charge in [-0.2, -0.15) is 5.10 Å². The van der Waals surface area contributed by atoms with E-state index in [9.17, 15) is 9.59 Å². The maximum absolute atomic E-state index is 12.0. The highest BCUT2D eigenvalue weighted by Gasteiger charge is 2.10. The van der Waals surface area contributed by atoms with E-state index in [1.165, 1.54) is 7.11 Å². The van der Waals surface area contributed by atoms with Crippen LogP contribution in [0, 0.1) is 6.92 Å². The fourth-order valence-electron chi connectivity index (χ4n) is 1.98. The highest BCUT2D eigenvalue weighted by Crippen LogP contribution is 2.07. The number of methoxy groups -OCH3 is 1. The summed E-state index contributed by atoms with van der Waals surface area (Å²) in [6, 6.07) is 8.23. The van der Waals surface area contributed by atoms with Gasteiger partial charge in [0.2, 0.25) is 0 Å². The zero-order valence-electron chi connectivity index (χ0n) is 12.2. The molecule has 0 atom stereocenters. The number of carbonyl (C=O) groups excluding carboxylic acids is 2. The Labute approximate surface area is 122 Å². The van der Waals surface area contributed by atoms with Crippen LogP contribution in [0.5, 0.6) is 0 Å². The Kier molecular flexibility index (Phi) is 4.37. The summed E-state index contributed by atoms with van der Waals surface area (Å²) in [5, 5.41) is 7.03. The van der Waals surface area contributed by atoms with Gasteiger partial charge in [0.1, 0.15) is 0 Å². The number of ether oxygens (including phenoxy) is 1. The molecule has 0 aliphatic heterocycles. The topological polar surface area (TPSA) is 73.2 Å². The number of amides is 1. The second-order valence-corrected chi connectivity index (χ2v) is 4.65. The summed E-state index contributed by atoms with van der Waals surface area (Å²) >= 11 is 0. The number of nitrogens with one attached hydrogen (secondary N) is 1. The summed E-state index contributed by atoms with van der Waals surface area (Å²) in [6.45, 7) is 2.30. The number of rotatable bonds is 4. The van der Waals surface area contributed by atoms with Crippen molar-refractivity contribution in [2.75, 3.05) is 7.11 Å². The minimum atomic E-state index is -0.424. The maximum atomic E-state index is 12.0. The lowest BCUT2D eigenvalue weighted by atomic mass is 10.1. The molecule has 2 aromatic rings. The summed E-state index contributed by atoms with van der Waals surface area (Å²) in [6.07, 6.45) is 0. The predicted octanol–water partition coefficient (Wildman–Crippen LogP) is 1.45. The lowest BCUT2D eigenvalue weighted by molar-refractivity contribution is 0.0600. The molecule has 6 nitrogen and oxygen atoms in total. The minimum absolute atomic E-state index is 0.203. The highest BCUT2D eigenvalue weighted by molar-refractivity contribution is 5.96. The molecule has 2 rings (SSSR count). The Morgan fingerprint density at radius 3 is 2.38 bits per heavy atom. The molecular formula is C15H17N3O3. The molecule has 1 aromatic heterocycles. The number of aryl methyl sites for hydroxylation is 2. The monoisotopic (exact) mass is 287 g/mol. The Bertz CT molecular complexity index is 659. The van der Waals surface area contributed by atoms with Gasteiger partial charge in [0.05, 0.1) is 30.6 Å². The van der Waals surface area contributed by atoms with Crippen LogP contribution in [0.4, 0.5) is 0 Å². The molecular weight excluding hydrogens is 270 g/mol. The molecule has 0 saturated heterocycles. The molecule has 0 bridgehead atoms. The third kappa shape index (κ3) is 3.47. The molecule has 0 aliphatic rings. The van der Waals surface area contributed by atoms with Crippen molar-refractivity contribution in [3.63, 3.8) is 0 Å². The first kappa shape index (κ1) is 14.8. The molecule has 110 valence electrons. The summed E-state index contributed by atoms with van der Waals surface area (Å²) in [4.78, 5) is 23.3. The van der Waals surface area contributed by atoms with Gasteiger partial charge < -0.3 is 10.1 Å². The van der Waals surface area contributed by atoms with Crippen molar-refractivity contribution >= 4 is 11.9 Å². The molecule has 0 spiro atoms. The van der Waals surface area contributed by atoms with Crippen molar-refractivity contribution in [1.29, 1.82) is 0 Å². The first-order valence-corrected chi connectivity index (χ1v) is 6.47. The van der Waals surface area contributed by atoms with Crippen molar-refractivity contribution in [3.8, 4) is 0 Å². The van der Waals surface area contributed by atoms with Crippen molar-refractivity contribution < 1.29 is 14.3 Å². The number of hydrogen-bond donors (Lipinski definition) is 1. The zero-order valence-corrected chi connectivity index (χ0v) is 12.2. The van der Waals surface area contributed by atoms with Crippen LogP contribution >= 0.6 is 0 Å². The quantitative estimate of drug-likeness (QED) is 0.864. The van der Waals surface area contributed by atoms with Crippen LogP contribution in [-0.2, 0) is 18.3 Å². The van der Waals surface area contributed by atoms with E-state index in [0.717, 1.165) is 11.4 Å². The standard InChI is InChI=1S/C15H17N3O3/c1-10-8-13(18(2)17-10)9-16-14(19)11-4-6-12(7-5-11)15(20)21-3/h4-8H,9H2,1-3H3,(H,16,19). The fraction of sp³-hybridized carbons (Fsp3) is 0.267. The Hall–Kier alpha value is -2.63. The Morgan fingerprint density at radius 1 is 1.24 bits per heavy atom. The van der Waals surface area contributed by atoms with Crippen LogP contribution in [-0.4, -0.2) is 28.8 Å². The van der Waals surface area contributed by atoms with Crippen molar-refractivity contribution in [2.45, 2.75) is 13.5 Å². The van der Waals surface area contributed by atoms with Crippen LogP contribution in [0.25, 0.3) is 0 Å². The molecule has 6 heteroatoms. The van der Waals surface area contributed by atoms with Crippen LogP contribution in [0.15, 0.2) is 30.3 Å². The van der Waals surface area contributed by atoms with Gasteiger partial charge >= 0.3 is 5.97 Å². The molecule has 0 unspecified atom stereocenters. The normalized spacial score (nSPS) is 10.2. The summed E-state index contributed by atoms with van der Waals surface area (Å²) in [7, 11) is 3.15. The number of nitrogens with zero attached hydrogens (tertiary/aromatic N) is 2. The molecule has 21 heavy (non-hydrogen) atoms. The van der Waals surface area contributed by atoms with E-state index in [1.54, 1.807) is 28.9 Å². The number of carbonyl (C=O) groups is 2. The maximum Gasteiger partial charge on any atom is 0.337 e. The van der Waals surface area contributed by atoms with Crippen LogP contribution < -0.4 is 5.32 Å². The van der Waals surface area contributed by atoms with Crippen LogP contribution in [0.3, 0.4) is 0 Å². The van der Waals surface area contributed by atoms with Crippen molar-refractivity contribution in [2.24, 2.45) is 7.05 Å². The molecule has 0 radical (unpaired) electrons. The Morgan fingerprint density at radius 2 is 1.86 bits per heavy atom. The van der Waals surface area contributed by atoms with E-state index < -0.39 is 5.97 Å². The van der Waals surface area contributed by atoms with Crippen LogP contribution in [0.1, 0.15) is 32.1 Å². The number of esters is 1. The van der Waals surface area contributed by atoms with Gasteiger partial charge in [-0.25, -0.2) is 4.79 Å². The molecule has 0 saturated carbocycles. The van der Waals surface area contributed by atoms with Gasteiger partial charge in [-0.3, -0.25) is 9.48 Å². The first-order chi connectivity index (χ1) is 10.0. The van der Waals surface area contributed by atoms with Gasteiger partial charge in [-0.05, 0) is 37.3 Å². The van der Waals surface area contributed by atoms with E-state index in [4.69, 9.17) is 0 Å². The lowest BCUT2D eigenvalue weighted by Crippen LogP contribution is -2.24. The summed E-state index contributed by atoms with van der Waals surface area (Å²) in [5.74, 6) is -0.627. The van der Waals surface area contributed by atoms with Gasteiger partial charge in [-0.1, -0.05) is 0 Å². The molecule has 1 aromatic carbocycles. The second-order valence-electron chi connectivity index (χ2n) is 4.65. The van der Waals surface area contributed by atoms with E-state index in [0.29, 0.717) is 17.7 Å². The third-order valence-electron chi connectivity index (χ3n) is 3.10. The summed E-state index contributed by atoms with van der Waals surface area (Å²) < 4.78 is 6.34. The molecule has 1 amide bonds. The van der Waals surface area contributed by atoms with E-state index >= 15 is 0 Å². The van der Waals surface area contributed by atoms with Gasteiger partial charge in [0.25, 0.3) is 5.91 Å². The van der Waals surface area contributed by atoms with Crippen LogP contribution in [0.2, 0.25) is 0 Å². The van der Waals surface area contributed by atoms with Gasteiger partial charge in [0, 0.05) is 12.6 Å². The average molecular weight is 287 g/mol. The predicted molar refractivity (Wildman–Crippen MR) is 76.9 cm³/mol. The third-order valence-corrected chi connectivity index (χ3v) is 3.10. The van der Waals surface area contributed by atoms with E-state index in [-0.39, 0.29) is 5.91 Å². The average Bonchev–Trinajstić information content (AvgIpc) is 2.82. The minimum Gasteiger partial charge on any atom is -0.465 e. The number of aromatic nitrogens is 2. The number of benzene rings is 1. The second kappa shape index (κ2) is 6.21. The number of hydrogen-bond acceptors (Lipinski definition) is 4. The Balaban J connectivity index is 2.00. The smallest absolute Gasteiger partial charge is 0.337 e. The SMILES string of the molecule is COC(=O)c1ccc(C(=O)NCc2cc(C)nn2C)cc1. The highest BCUT2D eigenvalue weighted by atomic mass is 16.5. The molecule has 0 aliphatic carbocycles. The van der Waals surface area contributed by atoms with E-state index in [2.05, 4.69) is 15.2 Å². The molecule has 0 fully saturated rings. The zero-order chi connectivity index (χ0) is 15.4. The van der Waals surface area contributed by atoms with Crippen molar-refractivity contribution in [3.05, 3.63) is 52.8 Å². The van der Waals surface area contributed by atoms with Gasteiger partial charge in [0.15, 0.2) is 0 Å².